The molecular weight excluding hydrogens is 300 g/mol. The molecule has 4 fully saturated rings. The SMILES string of the molecule is CCC(C)(C)C(=O)OCC(CC)(CO)C12CC3CC(CC(C3)C1)C2. The van der Waals surface area contributed by atoms with E-state index in [-0.39, 0.29) is 23.4 Å². The van der Waals surface area contributed by atoms with Gasteiger partial charge in [0, 0.05) is 5.41 Å². The van der Waals surface area contributed by atoms with E-state index in [1.165, 1.54) is 38.5 Å². The molecule has 3 heteroatoms. The Labute approximate surface area is 147 Å². The normalized spacial score (nSPS) is 37.3. The number of carbonyl (C=O) groups excluding carboxylic acids is 1. The molecule has 4 aliphatic rings. The van der Waals surface area contributed by atoms with Crippen LogP contribution in [0.5, 0.6) is 0 Å². The second-order valence-electron chi connectivity index (χ2n) is 9.80. The van der Waals surface area contributed by atoms with E-state index in [0.29, 0.717) is 6.61 Å². The third-order valence-corrected chi connectivity index (χ3v) is 8.06. The molecule has 4 bridgehead atoms. The average molecular weight is 337 g/mol. The molecule has 4 saturated carbocycles. The Bertz CT molecular complexity index is 440. The van der Waals surface area contributed by atoms with Crippen LogP contribution in [0.4, 0.5) is 0 Å². The molecule has 3 nitrogen and oxygen atoms in total. The smallest absolute Gasteiger partial charge is 0.311 e. The van der Waals surface area contributed by atoms with Crippen molar-refractivity contribution in [2.45, 2.75) is 79.1 Å². The summed E-state index contributed by atoms with van der Waals surface area (Å²) in [6, 6.07) is 0. The van der Waals surface area contributed by atoms with Gasteiger partial charge in [0.05, 0.1) is 18.6 Å². The van der Waals surface area contributed by atoms with Crippen LogP contribution < -0.4 is 0 Å². The highest BCUT2D eigenvalue weighted by Crippen LogP contribution is 2.66. The van der Waals surface area contributed by atoms with E-state index >= 15 is 0 Å². The van der Waals surface area contributed by atoms with Gasteiger partial charge in [-0.05, 0) is 88.4 Å². The van der Waals surface area contributed by atoms with Crippen molar-refractivity contribution in [2.24, 2.45) is 34.0 Å². The maximum atomic E-state index is 12.5. The topological polar surface area (TPSA) is 46.5 Å². The maximum Gasteiger partial charge on any atom is 0.311 e. The van der Waals surface area contributed by atoms with Crippen LogP contribution >= 0.6 is 0 Å². The molecule has 24 heavy (non-hydrogen) atoms. The third-order valence-electron chi connectivity index (χ3n) is 8.06. The van der Waals surface area contributed by atoms with Crippen molar-refractivity contribution in [1.29, 1.82) is 0 Å². The largest absolute Gasteiger partial charge is 0.465 e. The van der Waals surface area contributed by atoms with Crippen molar-refractivity contribution in [3.8, 4) is 0 Å². The van der Waals surface area contributed by atoms with Crippen molar-refractivity contribution in [3.63, 3.8) is 0 Å². The first-order valence-corrected chi connectivity index (χ1v) is 10.1. The number of aliphatic hydroxyl groups excluding tert-OH is 1. The molecule has 0 aliphatic heterocycles. The van der Waals surface area contributed by atoms with Crippen LogP contribution in [0.2, 0.25) is 0 Å². The van der Waals surface area contributed by atoms with E-state index in [4.69, 9.17) is 4.74 Å². The van der Waals surface area contributed by atoms with Crippen LogP contribution in [0.3, 0.4) is 0 Å². The van der Waals surface area contributed by atoms with Gasteiger partial charge in [-0.15, -0.1) is 0 Å². The van der Waals surface area contributed by atoms with Crippen molar-refractivity contribution in [1.82, 2.24) is 0 Å². The number of hydrogen-bond donors (Lipinski definition) is 1. The van der Waals surface area contributed by atoms with E-state index in [2.05, 4.69) is 6.92 Å². The molecule has 4 aliphatic carbocycles. The van der Waals surface area contributed by atoms with E-state index < -0.39 is 5.41 Å². The van der Waals surface area contributed by atoms with Gasteiger partial charge in [0.15, 0.2) is 0 Å². The molecule has 0 radical (unpaired) electrons. The minimum Gasteiger partial charge on any atom is -0.465 e. The summed E-state index contributed by atoms with van der Waals surface area (Å²) in [6.07, 6.45) is 9.58. The van der Waals surface area contributed by atoms with Crippen LogP contribution in [0.1, 0.15) is 79.1 Å². The van der Waals surface area contributed by atoms with E-state index in [1.54, 1.807) is 0 Å². The summed E-state index contributed by atoms with van der Waals surface area (Å²) in [7, 11) is 0. The van der Waals surface area contributed by atoms with Crippen LogP contribution in [-0.4, -0.2) is 24.3 Å². The second kappa shape index (κ2) is 6.30. The lowest BCUT2D eigenvalue weighted by Gasteiger charge is -2.63. The number of carbonyl (C=O) groups is 1. The third kappa shape index (κ3) is 2.81. The van der Waals surface area contributed by atoms with Crippen LogP contribution in [0, 0.1) is 34.0 Å². The zero-order chi connectivity index (χ0) is 17.6. The number of esters is 1. The molecule has 4 rings (SSSR count). The van der Waals surface area contributed by atoms with Gasteiger partial charge >= 0.3 is 5.97 Å². The molecule has 1 N–H and O–H groups in total. The molecule has 0 aromatic heterocycles. The van der Waals surface area contributed by atoms with Gasteiger partial charge in [-0.3, -0.25) is 4.79 Å². The highest BCUT2D eigenvalue weighted by Gasteiger charge is 2.60. The molecule has 1 unspecified atom stereocenters. The molecule has 0 amide bonds. The maximum absolute atomic E-state index is 12.5. The van der Waals surface area contributed by atoms with E-state index in [1.807, 2.05) is 20.8 Å². The monoisotopic (exact) mass is 336 g/mol. The highest BCUT2D eigenvalue weighted by molar-refractivity contribution is 5.75. The summed E-state index contributed by atoms with van der Waals surface area (Å²) < 4.78 is 5.84. The minimum atomic E-state index is -0.434. The quantitative estimate of drug-likeness (QED) is 0.693. The van der Waals surface area contributed by atoms with Gasteiger partial charge in [0.25, 0.3) is 0 Å². The van der Waals surface area contributed by atoms with E-state index in [0.717, 1.165) is 30.6 Å². The number of ether oxygens (including phenoxy) is 1. The fraction of sp³-hybridized carbons (Fsp3) is 0.952. The van der Waals surface area contributed by atoms with Crippen LogP contribution in [0.25, 0.3) is 0 Å². The molecule has 0 aromatic carbocycles. The second-order valence-corrected chi connectivity index (χ2v) is 9.80. The lowest BCUT2D eigenvalue weighted by molar-refractivity contribution is -0.186. The van der Waals surface area contributed by atoms with Crippen LogP contribution in [0.15, 0.2) is 0 Å². The fourth-order valence-corrected chi connectivity index (χ4v) is 6.26. The van der Waals surface area contributed by atoms with Gasteiger partial charge < -0.3 is 9.84 Å². The molecular formula is C21H36O3. The van der Waals surface area contributed by atoms with E-state index in [9.17, 15) is 9.90 Å². The predicted octanol–water partition coefficient (Wildman–Crippen LogP) is 4.57. The Balaban J connectivity index is 1.80. The summed E-state index contributed by atoms with van der Waals surface area (Å²) in [5, 5.41) is 10.4. The van der Waals surface area contributed by atoms with Crippen LogP contribution in [-0.2, 0) is 9.53 Å². The van der Waals surface area contributed by atoms with Gasteiger partial charge in [0.2, 0.25) is 0 Å². The Morgan fingerprint density at radius 2 is 1.54 bits per heavy atom. The number of aliphatic hydroxyl groups is 1. The lowest BCUT2D eigenvalue weighted by atomic mass is 9.42. The van der Waals surface area contributed by atoms with Gasteiger partial charge in [0.1, 0.15) is 0 Å². The predicted molar refractivity (Wildman–Crippen MR) is 95.4 cm³/mol. The summed E-state index contributed by atoms with van der Waals surface area (Å²) in [5.41, 5.74) is -0.485. The van der Waals surface area contributed by atoms with Gasteiger partial charge in [-0.2, -0.15) is 0 Å². The molecule has 0 spiro atoms. The molecule has 0 aromatic rings. The number of hydrogen-bond acceptors (Lipinski definition) is 3. The lowest BCUT2D eigenvalue weighted by Crippen LogP contribution is -2.57. The Kier molecular flexibility index (Phi) is 4.79. The first-order valence-electron chi connectivity index (χ1n) is 10.1. The minimum absolute atomic E-state index is 0.110. The fourth-order valence-electron chi connectivity index (χ4n) is 6.26. The van der Waals surface area contributed by atoms with Crippen molar-refractivity contribution in [3.05, 3.63) is 0 Å². The van der Waals surface area contributed by atoms with Gasteiger partial charge in [-0.1, -0.05) is 13.8 Å². The first-order chi connectivity index (χ1) is 11.3. The summed E-state index contributed by atoms with van der Waals surface area (Å²) in [4.78, 5) is 12.5. The average Bonchev–Trinajstić information content (AvgIpc) is 2.54. The molecule has 0 saturated heterocycles. The van der Waals surface area contributed by atoms with Gasteiger partial charge in [-0.25, -0.2) is 0 Å². The number of rotatable bonds is 7. The molecule has 1 atom stereocenters. The van der Waals surface area contributed by atoms with Crippen molar-refractivity contribution < 1.29 is 14.6 Å². The zero-order valence-corrected chi connectivity index (χ0v) is 16.1. The molecule has 138 valence electrons. The Hall–Kier alpha value is -0.570. The standard InChI is InChI=1S/C21H36O3/c1-5-19(3,4)18(23)24-14-20(6-2,13-22)21-10-15-7-16(11-21)9-17(8-15)12-21/h15-17,22H,5-14H2,1-4H3. The first kappa shape index (κ1) is 18.2. The molecule has 0 heterocycles. The summed E-state index contributed by atoms with van der Waals surface area (Å²) >= 11 is 0. The van der Waals surface area contributed by atoms with Crippen molar-refractivity contribution >= 4 is 5.97 Å². The summed E-state index contributed by atoms with van der Waals surface area (Å²) in [6.45, 7) is 8.65. The summed E-state index contributed by atoms with van der Waals surface area (Å²) in [5.74, 6) is 2.42. The van der Waals surface area contributed by atoms with Crippen molar-refractivity contribution in [2.75, 3.05) is 13.2 Å². The Morgan fingerprint density at radius 3 is 1.92 bits per heavy atom. The zero-order valence-electron chi connectivity index (χ0n) is 16.1. The Morgan fingerprint density at radius 1 is 1.04 bits per heavy atom. The highest BCUT2D eigenvalue weighted by atomic mass is 16.5.